The predicted octanol–water partition coefficient (Wildman–Crippen LogP) is 1.34. The minimum atomic E-state index is -0.244. The summed E-state index contributed by atoms with van der Waals surface area (Å²) in [6.07, 6.45) is 1.37. The molecule has 0 aromatic rings. The summed E-state index contributed by atoms with van der Waals surface area (Å²) in [5, 5.41) is 8.48. The van der Waals surface area contributed by atoms with Crippen molar-refractivity contribution in [3.05, 3.63) is 0 Å². The molecule has 0 bridgehead atoms. The van der Waals surface area contributed by atoms with E-state index in [2.05, 4.69) is 6.07 Å². The maximum absolute atomic E-state index is 8.48. The number of ether oxygens (including phenoxy) is 2. The molecule has 0 aliphatic heterocycles. The van der Waals surface area contributed by atoms with Gasteiger partial charge in [0.2, 0.25) is 0 Å². The van der Waals surface area contributed by atoms with Crippen molar-refractivity contribution in [2.75, 3.05) is 20.3 Å². The molecule has 0 amide bonds. The molecular weight excluding hydrogens is 142 g/mol. The Bertz CT molecular complexity index is 120. The lowest BCUT2D eigenvalue weighted by Gasteiger charge is -2.06. The molecule has 0 N–H and O–H groups in total. The zero-order chi connectivity index (χ0) is 8.53. The number of nitrogens with zero attached hydrogens (tertiary/aromatic N) is 1. The smallest absolute Gasteiger partial charge is 0.143 e. The molecule has 3 heteroatoms. The minimum absolute atomic E-state index is 0.244. The highest BCUT2D eigenvalue weighted by atomic mass is 16.5. The van der Waals surface area contributed by atoms with E-state index in [1.807, 2.05) is 6.92 Å². The van der Waals surface area contributed by atoms with Gasteiger partial charge in [-0.05, 0) is 12.8 Å². The van der Waals surface area contributed by atoms with Gasteiger partial charge in [0.1, 0.15) is 6.10 Å². The standard InChI is InChI=1S/C8H15NO2/c1-3-8(7-9)11-6-4-5-10-2/h8H,3-6H2,1-2H3. The number of hydrogen-bond donors (Lipinski definition) is 0. The van der Waals surface area contributed by atoms with Crippen LogP contribution in [0.3, 0.4) is 0 Å². The van der Waals surface area contributed by atoms with Crippen LogP contribution in [0.4, 0.5) is 0 Å². The first-order valence-corrected chi connectivity index (χ1v) is 3.85. The van der Waals surface area contributed by atoms with Gasteiger partial charge in [-0.3, -0.25) is 0 Å². The van der Waals surface area contributed by atoms with E-state index in [0.29, 0.717) is 13.2 Å². The van der Waals surface area contributed by atoms with Crippen molar-refractivity contribution < 1.29 is 9.47 Å². The molecule has 0 saturated heterocycles. The molecule has 0 rings (SSSR count). The molecule has 1 unspecified atom stereocenters. The second kappa shape index (κ2) is 7.52. The van der Waals surface area contributed by atoms with Gasteiger partial charge < -0.3 is 9.47 Å². The third-order valence-electron chi connectivity index (χ3n) is 1.33. The molecule has 0 spiro atoms. The van der Waals surface area contributed by atoms with Crippen LogP contribution in [0.1, 0.15) is 19.8 Å². The van der Waals surface area contributed by atoms with Gasteiger partial charge in [-0.25, -0.2) is 0 Å². The Hall–Kier alpha value is -0.590. The minimum Gasteiger partial charge on any atom is -0.385 e. The van der Waals surface area contributed by atoms with Crippen molar-refractivity contribution >= 4 is 0 Å². The van der Waals surface area contributed by atoms with Crippen LogP contribution in [0.2, 0.25) is 0 Å². The van der Waals surface area contributed by atoms with Crippen molar-refractivity contribution in [3.63, 3.8) is 0 Å². The number of nitriles is 1. The fourth-order valence-electron chi connectivity index (χ4n) is 0.675. The molecule has 0 aromatic heterocycles. The second-order valence-corrected chi connectivity index (χ2v) is 2.24. The van der Waals surface area contributed by atoms with Gasteiger partial charge >= 0.3 is 0 Å². The van der Waals surface area contributed by atoms with Gasteiger partial charge in [0.05, 0.1) is 12.7 Å². The molecule has 1 atom stereocenters. The third-order valence-corrected chi connectivity index (χ3v) is 1.33. The average Bonchev–Trinajstić information content (AvgIpc) is 2.05. The van der Waals surface area contributed by atoms with Gasteiger partial charge in [0.25, 0.3) is 0 Å². The van der Waals surface area contributed by atoms with Gasteiger partial charge in [0.15, 0.2) is 0 Å². The highest BCUT2D eigenvalue weighted by Gasteiger charge is 2.01. The quantitative estimate of drug-likeness (QED) is 0.546. The second-order valence-electron chi connectivity index (χ2n) is 2.24. The lowest BCUT2D eigenvalue weighted by Crippen LogP contribution is -2.10. The molecule has 11 heavy (non-hydrogen) atoms. The fraction of sp³-hybridized carbons (Fsp3) is 0.875. The molecule has 0 aliphatic carbocycles. The Morgan fingerprint density at radius 3 is 2.64 bits per heavy atom. The van der Waals surface area contributed by atoms with Crippen LogP contribution in [-0.4, -0.2) is 26.4 Å². The monoisotopic (exact) mass is 157 g/mol. The maximum atomic E-state index is 8.48. The van der Waals surface area contributed by atoms with E-state index in [9.17, 15) is 0 Å². The lowest BCUT2D eigenvalue weighted by molar-refractivity contribution is 0.0682. The van der Waals surface area contributed by atoms with E-state index >= 15 is 0 Å². The third kappa shape index (κ3) is 5.84. The Morgan fingerprint density at radius 2 is 2.18 bits per heavy atom. The molecule has 0 aliphatic rings. The summed E-state index contributed by atoms with van der Waals surface area (Å²) >= 11 is 0. The Labute approximate surface area is 67.9 Å². The first kappa shape index (κ1) is 10.4. The van der Waals surface area contributed by atoms with Crippen molar-refractivity contribution in [2.45, 2.75) is 25.9 Å². The van der Waals surface area contributed by atoms with E-state index in [4.69, 9.17) is 14.7 Å². The van der Waals surface area contributed by atoms with Crippen LogP contribution in [0.25, 0.3) is 0 Å². The summed E-state index contributed by atoms with van der Waals surface area (Å²) in [4.78, 5) is 0. The highest BCUT2D eigenvalue weighted by Crippen LogP contribution is 1.96. The maximum Gasteiger partial charge on any atom is 0.143 e. The summed E-state index contributed by atoms with van der Waals surface area (Å²) in [5.74, 6) is 0. The Balaban J connectivity index is 3.16. The first-order valence-electron chi connectivity index (χ1n) is 3.85. The van der Waals surface area contributed by atoms with E-state index in [1.165, 1.54) is 0 Å². The van der Waals surface area contributed by atoms with Crippen LogP contribution < -0.4 is 0 Å². The van der Waals surface area contributed by atoms with Gasteiger partial charge in [0, 0.05) is 13.7 Å². The van der Waals surface area contributed by atoms with Crippen molar-refractivity contribution in [2.24, 2.45) is 0 Å². The van der Waals surface area contributed by atoms with Gasteiger partial charge in [-0.15, -0.1) is 0 Å². The summed E-state index contributed by atoms with van der Waals surface area (Å²) < 4.78 is 10.0. The average molecular weight is 157 g/mol. The zero-order valence-electron chi connectivity index (χ0n) is 7.17. The van der Waals surface area contributed by atoms with E-state index in [-0.39, 0.29) is 6.10 Å². The molecular formula is C8H15NO2. The number of methoxy groups -OCH3 is 1. The summed E-state index contributed by atoms with van der Waals surface area (Å²) in [6, 6.07) is 2.07. The summed E-state index contributed by atoms with van der Waals surface area (Å²) in [6.45, 7) is 3.24. The van der Waals surface area contributed by atoms with Crippen LogP contribution >= 0.6 is 0 Å². The van der Waals surface area contributed by atoms with Crippen LogP contribution in [0, 0.1) is 11.3 Å². The van der Waals surface area contributed by atoms with Crippen LogP contribution in [-0.2, 0) is 9.47 Å². The predicted molar refractivity (Wildman–Crippen MR) is 42.1 cm³/mol. The molecule has 0 fully saturated rings. The first-order chi connectivity index (χ1) is 5.35. The zero-order valence-corrected chi connectivity index (χ0v) is 7.17. The molecule has 0 heterocycles. The van der Waals surface area contributed by atoms with Gasteiger partial charge in [-0.2, -0.15) is 5.26 Å². The van der Waals surface area contributed by atoms with E-state index < -0.39 is 0 Å². The van der Waals surface area contributed by atoms with E-state index in [0.717, 1.165) is 12.8 Å². The SMILES string of the molecule is CCC(C#N)OCCCOC. The van der Waals surface area contributed by atoms with E-state index in [1.54, 1.807) is 7.11 Å². The van der Waals surface area contributed by atoms with Crippen molar-refractivity contribution in [1.82, 2.24) is 0 Å². The van der Waals surface area contributed by atoms with Crippen LogP contribution in [0.15, 0.2) is 0 Å². The molecule has 3 nitrogen and oxygen atoms in total. The fourth-order valence-corrected chi connectivity index (χ4v) is 0.675. The Morgan fingerprint density at radius 1 is 1.45 bits per heavy atom. The number of hydrogen-bond acceptors (Lipinski definition) is 3. The van der Waals surface area contributed by atoms with Gasteiger partial charge in [-0.1, -0.05) is 6.92 Å². The number of rotatable bonds is 6. The highest BCUT2D eigenvalue weighted by molar-refractivity contribution is 4.82. The molecule has 64 valence electrons. The van der Waals surface area contributed by atoms with Crippen molar-refractivity contribution in [1.29, 1.82) is 5.26 Å². The largest absolute Gasteiger partial charge is 0.385 e. The molecule has 0 aromatic carbocycles. The Kier molecular flexibility index (Phi) is 7.11. The molecule has 0 radical (unpaired) electrons. The molecule has 0 saturated carbocycles. The van der Waals surface area contributed by atoms with Crippen LogP contribution in [0.5, 0.6) is 0 Å². The van der Waals surface area contributed by atoms with Crippen molar-refractivity contribution in [3.8, 4) is 6.07 Å². The normalized spacial score (nSPS) is 12.5. The summed E-state index contributed by atoms with van der Waals surface area (Å²) in [7, 11) is 1.65. The summed E-state index contributed by atoms with van der Waals surface area (Å²) in [5.41, 5.74) is 0. The topological polar surface area (TPSA) is 42.2 Å². The lowest BCUT2D eigenvalue weighted by atomic mass is 10.3.